The summed E-state index contributed by atoms with van der Waals surface area (Å²) in [6, 6.07) is 3.74. The highest BCUT2D eigenvalue weighted by Crippen LogP contribution is 2.31. The Morgan fingerprint density at radius 2 is 2.26 bits per heavy atom. The average Bonchev–Trinajstić information content (AvgIpc) is 3.47. The van der Waals surface area contributed by atoms with Crippen LogP contribution in [0.3, 0.4) is 0 Å². The van der Waals surface area contributed by atoms with E-state index >= 15 is 0 Å². The first-order valence-electron chi connectivity index (χ1n) is 9.26. The van der Waals surface area contributed by atoms with Gasteiger partial charge in [-0.1, -0.05) is 18.0 Å². The molecule has 9 heteroatoms. The SMILES string of the molecule is C[C@@H](NC(=O)CCc1nc(-c2ccco2)no1)c1nncn1C1CCCC1. The molecule has 1 aliphatic rings. The molecule has 4 rings (SSSR count). The van der Waals surface area contributed by atoms with Gasteiger partial charge < -0.3 is 18.8 Å². The number of aryl methyl sites for hydroxylation is 1. The molecule has 3 aromatic rings. The zero-order valence-corrected chi connectivity index (χ0v) is 15.2. The molecule has 27 heavy (non-hydrogen) atoms. The summed E-state index contributed by atoms with van der Waals surface area (Å²) in [6.45, 7) is 1.93. The summed E-state index contributed by atoms with van der Waals surface area (Å²) in [4.78, 5) is 16.6. The van der Waals surface area contributed by atoms with Crippen molar-refractivity contribution < 1.29 is 13.7 Å². The molecule has 0 saturated heterocycles. The van der Waals surface area contributed by atoms with E-state index in [1.54, 1.807) is 24.7 Å². The van der Waals surface area contributed by atoms with Crippen molar-refractivity contribution in [3.63, 3.8) is 0 Å². The molecule has 1 saturated carbocycles. The highest BCUT2D eigenvalue weighted by Gasteiger charge is 2.23. The summed E-state index contributed by atoms with van der Waals surface area (Å²) >= 11 is 0. The van der Waals surface area contributed by atoms with Crippen molar-refractivity contribution in [2.45, 2.75) is 57.5 Å². The fraction of sp³-hybridized carbons (Fsp3) is 0.500. The van der Waals surface area contributed by atoms with Crippen molar-refractivity contribution in [3.8, 4) is 11.6 Å². The summed E-state index contributed by atoms with van der Waals surface area (Å²) in [5, 5.41) is 15.1. The second kappa shape index (κ2) is 7.73. The van der Waals surface area contributed by atoms with Crippen molar-refractivity contribution in [3.05, 3.63) is 36.4 Å². The second-order valence-electron chi connectivity index (χ2n) is 6.81. The van der Waals surface area contributed by atoms with Gasteiger partial charge in [0.05, 0.1) is 12.3 Å². The minimum Gasteiger partial charge on any atom is -0.461 e. The van der Waals surface area contributed by atoms with Gasteiger partial charge in [0.25, 0.3) is 0 Å². The predicted molar refractivity (Wildman–Crippen MR) is 94.4 cm³/mol. The Morgan fingerprint density at radius 3 is 3.04 bits per heavy atom. The van der Waals surface area contributed by atoms with Crippen LogP contribution in [0, 0.1) is 0 Å². The summed E-state index contributed by atoms with van der Waals surface area (Å²) in [7, 11) is 0. The van der Waals surface area contributed by atoms with E-state index in [0.717, 1.165) is 18.7 Å². The monoisotopic (exact) mass is 370 g/mol. The molecule has 0 aliphatic heterocycles. The van der Waals surface area contributed by atoms with Crippen LogP contribution in [0.4, 0.5) is 0 Å². The van der Waals surface area contributed by atoms with Gasteiger partial charge in [-0.3, -0.25) is 4.79 Å². The maximum atomic E-state index is 12.3. The summed E-state index contributed by atoms with van der Waals surface area (Å²) < 4.78 is 12.5. The van der Waals surface area contributed by atoms with Gasteiger partial charge in [0.15, 0.2) is 11.6 Å². The largest absolute Gasteiger partial charge is 0.461 e. The quantitative estimate of drug-likeness (QED) is 0.680. The van der Waals surface area contributed by atoms with E-state index in [9.17, 15) is 4.79 Å². The molecule has 142 valence electrons. The highest BCUT2D eigenvalue weighted by molar-refractivity contribution is 5.76. The third-order valence-corrected chi connectivity index (χ3v) is 4.86. The lowest BCUT2D eigenvalue weighted by atomic mass is 10.2. The number of carbonyl (C=O) groups is 1. The molecule has 1 amide bonds. The number of aromatic nitrogens is 5. The Morgan fingerprint density at radius 1 is 1.41 bits per heavy atom. The highest BCUT2D eigenvalue weighted by atomic mass is 16.5. The standard InChI is InChI=1S/C18H22N6O3/c1-12(18-22-19-11-24(18)13-5-2-3-6-13)20-15(25)8-9-16-21-17(23-27-16)14-7-4-10-26-14/h4,7,10-13H,2-3,5-6,8-9H2,1H3,(H,20,25)/t12-/m1/s1. The van der Waals surface area contributed by atoms with Gasteiger partial charge in [-0.05, 0) is 31.9 Å². The van der Waals surface area contributed by atoms with Crippen LogP contribution in [-0.2, 0) is 11.2 Å². The van der Waals surface area contributed by atoms with Crippen LogP contribution >= 0.6 is 0 Å². The van der Waals surface area contributed by atoms with Crippen molar-refractivity contribution in [1.82, 2.24) is 30.2 Å². The maximum Gasteiger partial charge on any atom is 0.238 e. The summed E-state index contributed by atoms with van der Waals surface area (Å²) in [5.74, 6) is 2.02. The van der Waals surface area contributed by atoms with Crippen LogP contribution in [-0.4, -0.2) is 30.8 Å². The molecule has 0 aromatic carbocycles. The van der Waals surface area contributed by atoms with E-state index in [4.69, 9.17) is 8.94 Å². The van der Waals surface area contributed by atoms with E-state index < -0.39 is 0 Å². The van der Waals surface area contributed by atoms with Crippen molar-refractivity contribution in [2.75, 3.05) is 0 Å². The van der Waals surface area contributed by atoms with Gasteiger partial charge in [-0.2, -0.15) is 4.98 Å². The molecule has 0 radical (unpaired) electrons. The number of nitrogens with one attached hydrogen (secondary N) is 1. The van der Waals surface area contributed by atoms with Crippen LogP contribution in [0.25, 0.3) is 11.6 Å². The van der Waals surface area contributed by atoms with Crippen molar-refractivity contribution >= 4 is 5.91 Å². The molecule has 1 N–H and O–H groups in total. The smallest absolute Gasteiger partial charge is 0.238 e. The van der Waals surface area contributed by atoms with E-state index in [1.807, 2.05) is 6.92 Å². The van der Waals surface area contributed by atoms with E-state index in [1.165, 1.54) is 12.8 Å². The van der Waals surface area contributed by atoms with Crippen molar-refractivity contribution in [1.29, 1.82) is 0 Å². The zero-order valence-electron chi connectivity index (χ0n) is 15.2. The molecule has 9 nitrogen and oxygen atoms in total. The normalized spacial score (nSPS) is 15.9. The van der Waals surface area contributed by atoms with Crippen LogP contribution < -0.4 is 5.32 Å². The minimum atomic E-state index is -0.207. The fourth-order valence-electron chi connectivity index (χ4n) is 3.49. The molecule has 3 heterocycles. The van der Waals surface area contributed by atoms with Crippen LogP contribution in [0.15, 0.2) is 33.7 Å². The van der Waals surface area contributed by atoms with Gasteiger partial charge in [-0.15, -0.1) is 10.2 Å². The molecular formula is C18H22N6O3. The number of hydrogen-bond donors (Lipinski definition) is 1. The number of furan rings is 1. The van der Waals surface area contributed by atoms with Crippen molar-refractivity contribution in [2.24, 2.45) is 0 Å². The number of hydrogen-bond acceptors (Lipinski definition) is 7. The molecular weight excluding hydrogens is 348 g/mol. The topological polar surface area (TPSA) is 112 Å². The summed E-state index contributed by atoms with van der Waals surface area (Å²) in [5.41, 5.74) is 0. The first-order chi connectivity index (χ1) is 13.2. The van der Waals surface area contributed by atoms with Gasteiger partial charge in [0.2, 0.25) is 17.6 Å². The fourth-order valence-corrected chi connectivity index (χ4v) is 3.49. The minimum absolute atomic E-state index is 0.0961. The third kappa shape index (κ3) is 3.91. The molecule has 1 fully saturated rings. The Hall–Kier alpha value is -2.97. The lowest BCUT2D eigenvalue weighted by molar-refractivity contribution is -0.121. The van der Waals surface area contributed by atoms with Gasteiger partial charge >= 0.3 is 0 Å². The lowest BCUT2D eigenvalue weighted by Gasteiger charge is -2.18. The number of rotatable bonds is 7. The number of carbonyl (C=O) groups excluding carboxylic acids is 1. The van der Waals surface area contributed by atoms with Crippen LogP contribution in [0.1, 0.15) is 62.8 Å². The van der Waals surface area contributed by atoms with Gasteiger partial charge in [-0.25, -0.2) is 0 Å². The zero-order chi connectivity index (χ0) is 18.6. The average molecular weight is 370 g/mol. The van der Waals surface area contributed by atoms with Crippen LogP contribution in [0.5, 0.6) is 0 Å². The Balaban J connectivity index is 1.31. The Labute approximate surface area is 156 Å². The predicted octanol–water partition coefficient (Wildman–Crippen LogP) is 2.85. The Bertz CT molecular complexity index is 879. The van der Waals surface area contributed by atoms with Gasteiger partial charge in [0.1, 0.15) is 6.33 Å². The molecule has 0 unspecified atom stereocenters. The van der Waals surface area contributed by atoms with Crippen LogP contribution in [0.2, 0.25) is 0 Å². The molecule has 0 bridgehead atoms. The van der Waals surface area contributed by atoms with E-state index in [2.05, 4.69) is 30.2 Å². The Kier molecular flexibility index (Phi) is 4.99. The molecule has 1 atom stereocenters. The first-order valence-corrected chi connectivity index (χ1v) is 9.26. The van der Waals surface area contributed by atoms with E-state index in [0.29, 0.717) is 29.9 Å². The number of amides is 1. The van der Waals surface area contributed by atoms with E-state index in [-0.39, 0.29) is 18.4 Å². The first kappa shape index (κ1) is 17.4. The lowest BCUT2D eigenvalue weighted by Crippen LogP contribution is -2.29. The summed E-state index contributed by atoms with van der Waals surface area (Å²) in [6.07, 6.45) is 8.67. The molecule has 0 spiro atoms. The molecule has 3 aromatic heterocycles. The third-order valence-electron chi connectivity index (χ3n) is 4.86. The number of nitrogens with zero attached hydrogens (tertiary/aromatic N) is 5. The second-order valence-corrected chi connectivity index (χ2v) is 6.81. The van der Waals surface area contributed by atoms with Gasteiger partial charge in [0, 0.05) is 18.9 Å². The molecule has 1 aliphatic carbocycles. The maximum absolute atomic E-state index is 12.3.